The Morgan fingerprint density at radius 1 is 1.29 bits per heavy atom. The largest absolute Gasteiger partial charge is 0.396 e. The Balaban J connectivity index is 1.81. The van der Waals surface area contributed by atoms with Crippen molar-refractivity contribution in [2.45, 2.75) is 13.5 Å². The summed E-state index contributed by atoms with van der Waals surface area (Å²) in [5.74, 6) is 0.686. The van der Waals surface area contributed by atoms with Gasteiger partial charge in [0.1, 0.15) is 5.82 Å². The molecule has 0 atom stereocenters. The Kier molecular flexibility index (Phi) is 4.61. The first kappa shape index (κ1) is 15.8. The van der Waals surface area contributed by atoms with Crippen LogP contribution >= 0.6 is 0 Å². The molecule has 0 unspecified atom stereocenters. The van der Waals surface area contributed by atoms with Gasteiger partial charge in [0.05, 0.1) is 11.4 Å². The number of nitrogens with one attached hydrogen (secondary N) is 2. The van der Waals surface area contributed by atoms with Crippen molar-refractivity contribution in [2.24, 2.45) is 4.99 Å². The molecule has 2 heterocycles. The molecule has 0 radical (unpaired) electrons. The monoisotopic (exact) mass is 319 g/mol. The van der Waals surface area contributed by atoms with Crippen LogP contribution in [0.15, 0.2) is 53.7 Å². The molecule has 0 aliphatic rings. The standard InChI is InChI=1S/C19H21N5/c1-3-14(12-21-2)18-7-5-16(20)19(24-18)23-11-13-4-6-17-15(10-13)8-9-22-17/h3-10,12,22H,11,20H2,1-2H3,(H,23,24)/b14-3+,21-12-. The molecule has 1 aromatic carbocycles. The molecule has 2 aromatic heterocycles. The number of aromatic amines is 1. The molecule has 0 spiro atoms. The third-order valence-electron chi connectivity index (χ3n) is 3.88. The van der Waals surface area contributed by atoms with Gasteiger partial charge in [-0.15, -0.1) is 0 Å². The van der Waals surface area contributed by atoms with Crippen molar-refractivity contribution < 1.29 is 0 Å². The number of hydrogen-bond donors (Lipinski definition) is 3. The van der Waals surface area contributed by atoms with Gasteiger partial charge < -0.3 is 16.0 Å². The van der Waals surface area contributed by atoms with E-state index in [1.807, 2.05) is 31.3 Å². The first-order valence-electron chi connectivity index (χ1n) is 7.86. The van der Waals surface area contributed by atoms with E-state index in [9.17, 15) is 0 Å². The van der Waals surface area contributed by atoms with Crippen molar-refractivity contribution in [3.63, 3.8) is 0 Å². The minimum absolute atomic E-state index is 0.630. The first-order chi connectivity index (χ1) is 11.7. The maximum atomic E-state index is 6.06. The lowest BCUT2D eigenvalue weighted by Crippen LogP contribution is -2.06. The minimum atomic E-state index is 0.630. The van der Waals surface area contributed by atoms with Crippen molar-refractivity contribution >= 4 is 34.2 Å². The molecule has 0 aliphatic carbocycles. The molecule has 0 fully saturated rings. The number of benzene rings is 1. The quantitative estimate of drug-likeness (QED) is 0.625. The van der Waals surface area contributed by atoms with Crippen LogP contribution in [0.2, 0.25) is 0 Å². The normalized spacial score (nSPS) is 12.2. The predicted octanol–water partition coefficient (Wildman–Crippen LogP) is 3.86. The smallest absolute Gasteiger partial charge is 0.150 e. The minimum Gasteiger partial charge on any atom is -0.396 e. The molecule has 0 aliphatic heterocycles. The summed E-state index contributed by atoms with van der Waals surface area (Å²) >= 11 is 0. The molecule has 5 heteroatoms. The van der Waals surface area contributed by atoms with Gasteiger partial charge in [0.15, 0.2) is 0 Å². The zero-order chi connectivity index (χ0) is 16.9. The molecule has 0 bridgehead atoms. The summed E-state index contributed by atoms with van der Waals surface area (Å²) < 4.78 is 0. The second kappa shape index (κ2) is 7.00. The van der Waals surface area contributed by atoms with Gasteiger partial charge in [0.2, 0.25) is 0 Å². The maximum absolute atomic E-state index is 6.06. The van der Waals surface area contributed by atoms with E-state index < -0.39 is 0 Å². The molecular formula is C19H21N5. The van der Waals surface area contributed by atoms with Crippen molar-refractivity contribution in [3.05, 3.63) is 59.9 Å². The van der Waals surface area contributed by atoms with E-state index in [4.69, 9.17) is 5.73 Å². The Morgan fingerprint density at radius 2 is 2.17 bits per heavy atom. The zero-order valence-corrected chi connectivity index (χ0v) is 13.9. The number of anilines is 2. The lowest BCUT2D eigenvalue weighted by Gasteiger charge is -2.11. The van der Waals surface area contributed by atoms with Gasteiger partial charge in [-0.1, -0.05) is 12.1 Å². The SMILES string of the molecule is C/C=C(\C=N/C)c1ccc(N)c(NCc2ccc3[nH]ccc3c2)n1. The second-order valence-electron chi connectivity index (χ2n) is 5.52. The number of nitrogen functional groups attached to an aromatic ring is 1. The van der Waals surface area contributed by atoms with Gasteiger partial charge >= 0.3 is 0 Å². The highest BCUT2D eigenvalue weighted by atomic mass is 15.0. The van der Waals surface area contributed by atoms with Crippen LogP contribution in [0.25, 0.3) is 16.5 Å². The van der Waals surface area contributed by atoms with Gasteiger partial charge in [-0.3, -0.25) is 4.99 Å². The number of pyridine rings is 1. The summed E-state index contributed by atoms with van der Waals surface area (Å²) in [7, 11) is 1.75. The number of rotatable bonds is 5. The van der Waals surface area contributed by atoms with Crippen LogP contribution in [0.3, 0.4) is 0 Å². The van der Waals surface area contributed by atoms with Gasteiger partial charge in [-0.05, 0) is 48.2 Å². The van der Waals surface area contributed by atoms with Crippen LogP contribution in [0.5, 0.6) is 0 Å². The van der Waals surface area contributed by atoms with Crippen LogP contribution in [0, 0.1) is 0 Å². The molecule has 0 amide bonds. The third kappa shape index (κ3) is 3.30. The Hall–Kier alpha value is -3.08. The van der Waals surface area contributed by atoms with Crippen molar-refractivity contribution in [1.29, 1.82) is 0 Å². The van der Waals surface area contributed by atoms with E-state index in [1.165, 1.54) is 10.9 Å². The average Bonchev–Trinajstić information content (AvgIpc) is 3.07. The zero-order valence-electron chi connectivity index (χ0n) is 13.9. The lowest BCUT2D eigenvalue weighted by molar-refractivity contribution is 1.11. The first-order valence-corrected chi connectivity index (χ1v) is 7.86. The molecule has 24 heavy (non-hydrogen) atoms. The number of fused-ring (bicyclic) bond motifs is 1. The highest BCUT2D eigenvalue weighted by molar-refractivity contribution is 6.09. The lowest BCUT2D eigenvalue weighted by atomic mass is 10.1. The topological polar surface area (TPSA) is 79.1 Å². The van der Waals surface area contributed by atoms with E-state index >= 15 is 0 Å². The van der Waals surface area contributed by atoms with Gasteiger partial charge in [-0.25, -0.2) is 4.98 Å². The van der Waals surface area contributed by atoms with Crippen LogP contribution in [0.1, 0.15) is 18.2 Å². The second-order valence-corrected chi connectivity index (χ2v) is 5.52. The fourth-order valence-electron chi connectivity index (χ4n) is 2.60. The van der Waals surface area contributed by atoms with Gasteiger partial charge in [0, 0.05) is 37.1 Å². The van der Waals surface area contributed by atoms with Crippen LogP contribution < -0.4 is 11.1 Å². The van der Waals surface area contributed by atoms with Crippen molar-refractivity contribution in [2.75, 3.05) is 18.1 Å². The van der Waals surface area contributed by atoms with Gasteiger partial charge in [-0.2, -0.15) is 0 Å². The molecule has 5 nitrogen and oxygen atoms in total. The number of nitrogens with two attached hydrogens (primary N) is 1. The number of aliphatic imine (C=N–C) groups is 1. The van der Waals surface area contributed by atoms with Crippen LogP contribution in [-0.2, 0) is 6.54 Å². The van der Waals surface area contributed by atoms with Crippen molar-refractivity contribution in [1.82, 2.24) is 9.97 Å². The van der Waals surface area contributed by atoms with E-state index in [2.05, 4.69) is 44.5 Å². The predicted molar refractivity (Wildman–Crippen MR) is 102 cm³/mol. The maximum Gasteiger partial charge on any atom is 0.150 e. The summed E-state index contributed by atoms with van der Waals surface area (Å²) in [5.41, 5.74) is 10.8. The Bertz CT molecular complexity index is 905. The molecule has 4 N–H and O–H groups in total. The molecule has 0 saturated carbocycles. The van der Waals surface area contributed by atoms with Crippen LogP contribution in [-0.4, -0.2) is 23.2 Å². The number of hydrogen-bond acceptors (Lipinski definition) is 4. The van der Waals surface area contributed by atoms with Crippen LogP contribution in [0.4, 0.5) is 11.5 Å². The number of nitrogens with zero attached hydrogens (tertiary/aromatic N) is 2. The third-order valence-corrected chi connectivity index (χ3v) is 3.88. The van der Waals surface area contributed by atoms with Crippen molar-refractivity contribution in [3.8, 4) is 0 Å². The summed E-state index contributed by atoms with van der Waals surface area (Å²) in [6.07, 6.45) is 5.72. The average molecular weight is 319 g/mol. The molecular weight excluding hydrogens is 298 g/mol. The summed E-state index contributed by atoms with van der Waals surface area (Å²) in [4.78, 5) is 11.9. The fourth-order valence-corrected chi connectivity index (χ4v) is 2.60. The van der Waals surface area contributed by atoms with Gasteiger partial charge in [0.25, 0.3) is 0 Å². The molecule has 122 valence electrons. The van der Waals surface area contributed by atoms with E-state index in [0.29, 0.717) is 18.1 Å². The highest BCUT2D eigenvalue weighted by Crippen LogP contribution is 2.21. The number of aromatic nitrogens is 2. The fraction of sp³-hybridized carbons (Fsp3) is 0.158. The summed E-state index contributed by atoms with van der Waals surface area (Å²) in [5, 5.41) is 4.52. The Morgan fingerprint density at radius 3 is 2.96 bits per heavy atom. The summed E-state index contributed by atoms with van der Waals surface area (Å²) in [6.45, 7) is 2.63. The van der Waals surface area contributed by atoms with E-state index in [0.717, 1.165) is 16.8 Å². The van der Waals surface area contributed by atoms with E-state index in [-0.39, 0.29) is 0 Å². The number of allylic oxidation sites excluding steroid dienone is 2. The Labute approximate surface area is 141 Å². The molecule has 3 aromatic rings. The number of H-pyrrole nitrogens is 1. The molecule has 3 rings (SSSR count). The van der Waals surface area contributed by atoms with E-state index in [1.54, 1.807) is 13.3 Å². The highest BCUT2D eigenvalue weighted by Gasteiger charge is 2.06. The summed E-state index contributed by atoms with van der Waals surface area (Å²) in [6, 6.07) is 12.2. The molecule has 0 saturated heterocycles.